The zero-order valence-corrected chi connectivity index (χ0v) is 13.1. The molecule has 1 amide bonds. The first-order valence-electron chi connectivity index (χ1n) is 6.83. The number of anilines is 1. The number of hydroxylamine groups is 2. The number of benzene rings is 1. The second kappa shape index (κ2) is 9.01. The van der Waals surface area contributed by atoms with Gasteiger partial charge in [-0.3, -0.25) is 14.4 Å². The minimum absolute atomic E-state index is 0.0209. The number of carbonyl (C=O) groups is 2. The molecule has 0 heterocycles. The molecule has 2 N–H and O–H groups in total. The molecule has 0 spiro atoms. The summed E-state index contributed by atoms with van der Waals surface area (Å²) in [4.78, 5) is 29.0. The number of nitrogens with zero attached hydrogens (tertiary/aromatic N) is 1. The Morgan fingerprint density at radius 1 is 1.18 bits per heavy atom. The van der Waals surface area contributed by atoms with Crippen molar-refractivity contribution in [2.75, 3.05) is 33.2 Å². The van der Waals surface area contributed by atoms with Crippen molar-refractivity contribution in [2.24, 2.45) is 0 Å². The summed E-state index contributed by atoms with van der Waals surface area (Å²) < 4.78 is 9.60. The number of methoxy groups -OCH3 is 2. The maximum atomic E-state index is 11.9. The van der Waals surface area contributed by atoms with E-state index in [0.717, 1.165) is 5.56 Å². The van der Waals surface area contributed by atoms with E-state index in [1.54, 1.807) is 24.3 Å². The predicted molar refractivity (Wildman–Crippen MR) is 80.6 cm³/mol. The van der Waals surface area contributed by atoms with Gasteiger partial charge in [0.1, 0.15) is 0 Å². The average molecular weight is 310 g/mol. The molecule has 122 valence electrons. The number of nitrogens with two attached hydrogens (primary N) is 1. The Hall–Kier alpha value is -2.12. The zero-order valence-electron chi connectivity index (χ0n) is 13.1. The summed E-state index contributed by atoms with van der Waals surface area (Å²) in [5.74, 6) is -0.759. The van der Waals surface area contributed by atoms with Crippen molar-refractivity contribution < 1.29 is 23.9 Å². The molecular weight excluding hydrogens is 288 g/mol. The smallest absolute Gasteiger partial charge is 0.308 e. The molecule has 0 bridgehead atoms. The van der Waals surface area contributed by atoms with Gasteiger partial charge in [-0.05, 0) is 17.7 Å². The van der Waals surface area contributed by atoms with E-state index in [0.29, 0.717) is 12.3 Å². The van der Waals surface area contributed by atoms with Gasteiger partial charge in [-0.15, -0.1) is 0 Å². The van der Waals surface area contributed by atoms with E-state index in [1.165, 1.54) is 26.2 Å². The summed E-state index contributed by atoms with van der Waals surface area (Å²) in [6, 6.07) is 6.31. The highest BCUT2D eigenvalue weighted by molar-refractivity contribution is 5.75. The summed E-state index contributed by atoms with van der Waals surface area (Å²) in [5.41, 5.74) is 6.99. The average Bonchev–Trinajstić information content (AvgIpc) is 2.50. The molecule has 0 aliphatic rings. The summed E-state index contributed by atoms with van der Waals surface area (Å²) in [7, 11) is 2.83. The number of rotatable bonds is 8. The lowest BCUT2D eigenvalue weighted by Gasteiger charge is -2.29. The van der Waals surface area contributed by atoms with E-state index in [9.17, 15) is 9.59 Å². The molecule has 0 unspecified atom stereocenters. The molecule has 0 radical (unpaired) electrons. The maximum Gasteiger partial charge on any atom is 0.308 e. The minimum atomic E-state index is -0.595. The third kappa shape index (κ3) is 5.34. The molecule has 22 heavy (non-hydrogen) atoms. The van der Waals surface area contributed by atoms with Crippen LogP contribution < -0.4 is 5.73 Å². The van der Waals surface area contributed by atoms with Crippen LogP contribution >= 0.6 is 0 Å². The van der Waals surface area contributed by atoms with Gasteiger partial charge in [-0.25, -0.2) is 5.06 Å². The van der Waals surface area contributed by atoms with Gasteiger partial charge in [0, 0.05) is 19.7 Å². The number of ether oxygens (including phenoxy) is 2. The molecule has 7 heteroatoms. The molecule has 7 nitrogen and oxygen atoms in total. The third-order valence-corrected chi connectivity index (χ3v) is 3.02. The third-order valence-electron chi connectivity index (χ3n) is 3.02. The normalized spacial score (nSPS) is 11.8. The van der Waals surface area contributed by atoms with Gasteiger partial charge in [0.05, 0.1) is 32.8 Å². The number of hydrogen-bond acceptors (Lipinski definition) is 6. The fourth-order valence-electron chi connectivity index (χ4n) is 1.91. The zero-order chi connectivity index (χ0) is 16.5. The number of esters is 1. The highest BCUT2D eigenvalue weighted by Crippen LogP contribution is 2.26. The topological polar surface area (TPSA) is 91.1 Å². The Morgan fingerprint density at radius 3 is 2.32 bits per heavy atom. The van der Waals surface area contributed by atoms with Crippen LogP contribution in [-0.4, -0.2) is 44.4 Å². The highest BCUT2D eigenvalue weighted by atomic mass is 16.7. The quantitative estimate of drug-likeness (QED) is 0.337. The second-order valence-electron chi connectivity index (χ2n) is 4.63. The maximum absolute atomic E-state index is 11.9. The molecule has 0 saturated heterocycles. The van der Waals surface area contributed by atoms with E-state index in [2.05, 4.69) is 0 Å². The predicted octanol–water partition coefficient (Wildman–Crippen LogP) is 1.30. The van der Waals surface area contributed by atoms with Gasteiger partial charge >= 0.3 is 5.97 Å². The van der Waals surface area contributed by atoms with E-state index in [-0.39, 0.29) is 18.9 Å². The van der Waals surface area contributed by atoms with Crippen LogP contribution in [-0.2, 0) is 23.9 Å². The molecule has 0 aliphatic heterocycles. The van der Waals surface area contributed by atoms with Crippen molar-refractivity contribution in [3.63, 3.8) is 0 Å². The number of nitrogen functional groups attached to an aromatic ring is 1. The Balaban J connectivity index is 3.01. The number of carbonyl (C=O) groups excluding carboxylic acids is 2. The van der Waals surface area contributed by atoms with Crippen molar-refractivity contribution in [3.05, 3.63) is 29.8 Å². The van der Waals surface area contributed by atoms with Crippen LogP contribution in [0, 0.1) is 0 Å². The van der Waals surface area contributed by atoms with Crippen molar-refractivity contribution in [1.29, 1.82) is 0 Å². The van der Waals surface area contributed by atoms with Crippen LogP contribution in [0.25, 0.3) is 0 Å². The first-order valence-corrected chi connectivity index (χ1v) is 6.83. The monoisotopic (exact) mass is 310 g/mol. The van der Waals surface area contributed by atoms with Crippen molar-refractivity contribution in [1.82, 2.24) is 5.06 Å². The molecule has 0 saturated carbocycles. The molecule has 0 aromatic heterocycles. The number of amides is 1. The van der Waals surface area contributed by atoms with Crippen LogP contribution in [0.3, 0.4) is 0 Å². The summed E-state index contributed by atoms with van der Waals surface area (Å²) in [6.07, 6.45) is -0.0209. The summed E-state index contributed by atoms with van der Waals surface area (Å²) in [6.45, 7) is 1.90. The Bertz CT molecular complexity index is 489. The molecule has 1 aromatic rings. The molecule has 0 fully saturated rings. The minimum Gasteiger partial charge on any atom is -0.469 e. The lowest BCUT2D eigenvalue weighted by Crippen LogP contribution is -2.35. The number of hydrogen-bond donors (Lipinski definition) is 1. The van der Waals surface area contributed by atoms with Gasteiger partial charge in [-0.2, -0.15) is 0 Å². The standard InChI is InChI=1S/C15H22N2O5/c1-11(18)17(22-9-8-20-2)14(10-15(19)21-3)12-4-6-13(16)7-5-12/h4-7,14H,8-10,16H2,1-3H3/t14-/m1/s1. The van der Waals surface area contributed by atoms with Gasteiger partial charge in [0.15, 0.2) is 0 Å². The van der Waals surface area contributed by atoms with Gasteiger partial charge in [0.25, 0.3) is 0 Å². The highest BCUT2D eigenvalue weighted by Gasteiger charge is 2.27. The lowest BCUT2D eigenvalue weighted by molar-refractivity contribution is -0.205. The van der Waals surface area contributed by atoms with Gasteiger partial charge < -0.3 is 15.2 Å². The van der Waals surface area contributed by atoms with Crippen LogP contribution in [0.4, 0.5) is 5.69 Å². The van der Waals surface area contributed by atoms with E-state index >= 15 is 0 Å². The van der Waals surface area contributed by atoms with Crippen molar-refractivity contribution >= 4 is 17.6 Å². The first kappa shape index (κ1) is 17.9. The molecule has 1 rings (SSSR count). The Kier molecular flexibility index (Phi) is 7.34. The van der Waals surface area contributed by atoms with Crippen LogP contribution in [0.15, 0.2) is 24.3 Å². The first-order chi connectivity index (χ1) is 10.5. The van der Waals surface area contributed by atoms with Gasteiger partial charge in [-0.1, -0.05) is 12.1 Å². The fourth-order valence-corrected chi connectivity index (χ4v) is 1.91. The summed E-state index contributed by atoms with van der Waals surface area (Å²) in [5, 5.41) is 1.17. The fraction of sp³-hybridized carbons (Fsp3) is 0.467. The SMILES string of the molecule is COCCON(C(C)=O)[C@H](CC(=O)OC)c1ccc(N)cc1. The van der Waals surface area contributed by atoms with Crippen molar-refractivity contribution in [3.8, 4) is 0 Å². The van der Waals surface area contributed by atoms with Gasteiger partial charge in [0.2, 0.25) is 5.91 Å². The Morgan fingerprint density at radius 2 is 1.82 bits per heavy atom. The second-order valence-corrected chi connectivity index (χ2v) is 4.63. The molecule has 1 aromatic carbocycles. The largest absolute Gasteiger partial charge is 0.469 e. The summed E-state index contributed by atoms with van der Waals surface area (Å²) >= 11 is 0. The van der Waals surface area contributed by atoms with Crippen LogP contribution in [0.1, 0.15) is 24.9 Å². The van der Waals surface area contributed by atoms with E-state index < -0.39 is 12.0 Å². The van der Waals surface area contributed by atoms with E-state index in [1.807, 2.05) is 0 Å². The Labute approximate surface area is 129 Å². The molecular formula is C15H22N2O5. The lowest BCUT2D eigenvalue weighted by atomic mass is 10.0. The van der Waals surface area contributed by atoms with Crippen molar-refractivity contribution in [2.45, 2.75) is 19.4 Å². The molecule has 0 aliphatic carbocycles. The van der Waals surface area contributed by atoms with Crippen LogP contribution in [0.2, 0.25) is 0 Å². The van der Waals surface area contributed by atoms with E-state index in [4.69, 9.17) is 20.0 Å². The molecule has 1 atom stereocenters. The van der Waals surface area contributed by atoms with Crippen LogP contribution in [0.5, 0.6) is 0 Å².